The van der Waals surface area contributed by atoms with Crippen LogP contribution in [0.2, 0.25) is 0 Å². The monoisotopic (exact) mass is 461 g/mol. The predicted octanol–water partition coefficient (Wildman–Crippen LogP) is 5.31. The molecule has 0 bridgehead atoms. The molecule has 0 aliphatic carbocycles. The quantitative estimate of drug-likeness (QED) is 0.404. The van der Waals surface area contributed by atoms with Crippen molar-refractivity contribution in [2.75, 3.05) is 5.32 Å². The van der Waals surface area contributed by atoms with Crippen molar-refractivity contribution in [1.29, 1.82) is 0 Å². The van der Waals surface area contributed by atoms with Gasteiger partial charge in [-0.3, -0.25) is 14.7 Å². The van der Waals surface area contributed by atoms with Crippen LogP contribution in [0.5, 0.6) is 5.75 Å². The number of nitrogens with one attached hydrogen (secondary N) is 1. The highest BCUT2D eigenvalue weighted by atomic mass is 32.1. The van der Waals surface area contributed by atoms with Crippen molar-refractivity contribution in [3.63, 3.8) is 0 Å². The molecule has 7 nitrogen and oxygen atoms in total. The van der Waals surface area contributed by atoms with Crippen LogP contribution in [0.1, 0.15) is 33.3 Å². The highest BCUT2D eigenvalue weighted by Gasteiger charge is 2.20. The summed E-state index contributed by atoms with van der Waals surface area (Å²) in [5.41, 5.74) is 1.87. The van der Waals surface area contributed by atoms with Gasteiger partial charge >= 0.3 is 6.55 Å². The number of rotatable bonds is 7. The van der Waals surface area contributed by atoms with Crippen molar-refractivity contribution >= 4 is 33.7 Å². The Balaban J connectivity index is 1.42. The number of benzene rings is 1. The minimum atomic E-state index is -2.72. The topological polar surface area (TPSA) is 81.9 Å². The lowest BCUT2D eigenvalue weighted by Gasteiger charge is -2.04. The smallest absolute Gasteiger partial charge is 0.320 e. The predicted molar refractivity (Wildman–Crippen MR) is 115 cm³/mol. The first-order chi connectivity index (χ1) is 14.9. The van der Waals surface area contributed by atoms with E-state index in [1.54, 1.807) is 12.3 Å². The maximum atomic E-state index is 13.1. The van der Waals surface area contributed by atoms with E-state index in [-0.39, 0.29) is 23.3 Å². The van der Waals surface area contributed by atoms with E-state index in [1.807, 2.05) is 31.2 Å². The summed E-state index contributed by atoms with van der Waals surface area (Å²) in [5, 5.41) is 5.24. The summed E-state index contributed by atoms with van der Waals surface area (Å²) in [6.45, 7) is 1.20. The molecule has 0 spiro atoms. The lowest BCUT2D eigenvalue weighted by atomic mass is 10.2. The number of aromatic nitrogens is 4. The number of carbonyl (C=O) groups excluding carboxylic acids is 1. The van der Waals surface area contributed by atoms with E-state index in [4.69, 9.17) is 4.74 Å². The number of halogens is 2. The number of amides is 1. The second-order valence-corrected chi connectivity index (χ2v) is 8.49. The van der Waals surface area contributed by atoms with Gasteiger partial charge in [-0.15, -0.1) is 11.3 Å². The molecule has 0 fully saturated rings. The lowest BCUT2D eigenvalue weighted by Crippen LogP contribution is -2.12. The highest BCUT2D eigenvalue weighted by molar-refractivity contribution is 7.19. The van der Waals surface area contributed by atoms with E-state index in [1.165, 1.54) is 23.7 Å². The van der Waals surface area contributed by atoms with Crippen molar-refractivity contribution in [2.24, 2.45) is 0 Å². The molecule has 0 atom stereocenters. The van der Waals surface area contributed by atoms with Gasteiger partial charge in [-0.2, -0.15) is 8.78 Å². The molecule has 3 aromatic heterocycles. The number of ether oxygens (including phenoxy) is 1. The van der Waals surface area contributed by atoms with Crippen LogP contribution in [0.4, 0.5) is 13.9 Å². The molecule has 0 unspecified atom stereocenters. The first-order valence-corrected chi connectivity index (χ1v) is 10.8. The third-order valence-corrected chi connectivity index (χ3v) is 6.16. The van der Waals surface area contributed by atoms with Crippen molar-refractivity contribution < 1.29 is 18.3 Å². The van der Waals surface area contributed by atoms with Crippen LogP contribution in [0.15, 0.2) is 42.0 Å². The Labute approximate surface area is 184 Å². The number of aryl methyl sites for hydroxylation is 2. The number of anilines is 1. The van der Waals surface area contributed by atoms with Crippen LogP contribution in [0, 0.1) is 13.8 Å². The Morgan fingerprint density at radius 2 is 2.00 bits per heavy atom. The van der Waals surface area contributed by atoms with Crippen LogP contribution < -0.4 is 10.1 Å². The summed E-state index contributed by atoms with van der Waals surface area (Å²) in [6.07, 6.45) is 2.50. The normalized spacial score (nSPS) is 11.1. The van der Waals surface area contributed by atoms with Crippen molar-refractivity contribution in [3.8, 4) is 16.5 Å². The lowest BCUT2D eigenvalue weighted by molar-refractivity contribution is 0.0720. The zero-order valence-electron chi connectivity index (χ0n) is 16.5. The van der Waals surface area contributed by atoms with Crippen LogP contribution in [-0.2, 0) is 6.61 Å². The number of nitrogens with zero attached hydrogens (tertiary/aromatic N) is 4. The molecule has 0 saturated carbocycles. The second-order valence-electron chi connectivity index (χ2n) is 6.55. The largest absolute Gasteiger partial charge is 0.486 e. The number of alkyl halides is 2. The molecule has 0 aliphatic heterocycles. The van der Waals surface area contributed by atoms with Crippen LogP contribution >= 0.6 is 22.7 Å². The maximum Gasteiger partial charge on any atom is 0.320 e. The molecule has 160 valence electrons. The summed E-state index contributed by atoms with van der Waals surface area (Å²) in [7, 11) is 0. The first kappa shape index (κ1) is 21.1. The second kappa shape index (κ2) is 8.90. The Kier molecular flexibility index (Phi) is 6.05. The van der Waals surface area contributed by atoms with Crippen molar-refractivity contribution in [1.82, 2.24) is 19.5 Å². The Hall–Kier alpha value is -3.18. The number of hydrogen-bond acceptors (Lipinski definition) is 7. The van der Waals surface area contributed by atoms with Gasteiger partial charge in [-0.1, -0.05) is 29.0 Å². The molecular formula is C20H17F2N5O2S2. The fourth-order valence-electron chi connectivity index (χ4n) is 2.73. The van der Waals surface area contributed by atoms with Gasteiger partial charge in [0.1, 0.15) is 23.1 Å². The molecule has 31 heavy (non-hydrogen) atoms. The standard InChI is InChI=1S/C20H17F2N5O2S2/c1-11-3-5-13(6-4-11)29-9-15-25-14(10-30-15)18(28)26-20-24-12(2)16(31-20)17-23-7-8-27(17)19(21)22/h3-8,10,19H,9H2,1-2H3,(H,24,26,28). The number of thiazole rings is 2. The van der Waals surface area contributed by atoms with E-state index in [2.05, 4.69) is 20.3 Å². The van der Waals surface area contributed by atoms with E-state index in [0.29, 0.717) is 15.6 Å². The molecule has 1 aromatic carbocycles. The van der Waals surface area contributed by atoms with Gasteiger partial charge in [0, 0.05) is 17.8 Å². The Morgan fingerprint density at radius 3 is 2.74 bits per heavy atom. The van der Waals surface area contributed by atoms with Crippen molar-refractivity contribution in [3.05, 3.63) is 64.0 Å². The van der Waals surface area contributed by atoms with Crippen LogP contribution in [0.3, 0.4) is 0 Å². The van der Waals surface area contributed by atoms with E-state index in [9.17, 15) is 13.6 Å². The molecule has 3 heterocycles. The third-order valence-electron chi connectivity index (χ3n) is 4.27. The Morgan fingerprint density at radius 1 is 1.23 bits per heavy atom. The summed E-state index contributed by atoms with van der Waals surface area (Å²) in [4.78, 5) is 25.6. The zero-order valence-corrected chi connectivity index (χ0v) is 18.1. The summed E-state index contributed by atoms with van der Waals surface area (Å²) >= 11 is 2.39. The summed E-state index contributed by atoms with van der Waals surface area (Å²) in [6, 6.07) is 7.65. The van der Waals surface area contributed by atoms with Crippen LogP contribution in [0.25, 0.3) is 10.7 Å². The minimum Gasteiger partial charge on any atom is -0.486 e. The average Bonchev–Trinajstić information content (AvgIpc) is 3.47. The van der Waals surface area contributed by atoms with Gasteiger partial charge < -0.3 is 4.74 Å². The van der Waals surface area contributed by atoms with Crippen molar-refractivity contribution in [2.45, 2.75) is 27.0 Å². The maximum absolute atomic E-state index is 13.1. The highest BCUT2D eigenvalue weighted by Crippen LogP contribution is 2.33. The summed E-state index contributed by atoms with van der Waals surface area (Å²) < 4.78 is 32.7. The van der Waals surface area contributed by atoms with E-state index in [0.717, 1.165) is 27.2 Å². The van der Waals surface area contributed by atoms with E-state index >= 15 is 0 Å². The summed E-state index contributed by atoms with van der Waals surface area (Å²) in [5.74, 6) is 0.393. The fraction of sp³-hybridized carbons (Fsp3) is 0.200. The molecule has 0 aliphatic rings. The number of carbonyl (C=O) groups is 1. The Bertz CT molecular complexity index is 1200. The van der Waals surface area contributed by atoms with E-state index < -0.39 is 12.5 Å². The van der Waals surface area contributed by atoms with Gasteiger partial charge in [-0.25, -0.2) is 15.0 Å². The van der Waals surface area contributed by atoms with Gasteiger partial charge in [-0.05, 0) is 26.0 Å². The number of imidazole rings is 1. The number of hydrogen-bond donors (Lipinski definition) is 1. The SMILES string of the molecule is Cc1ccc(OCc2nc(C(=O)Nc3nc(C)c(-c4nccn4C(F)F)s3)cs2)cc1. The van der Waals surface area contributed by atoms with Crippen LogP contribution in [-0.4, -0.2) is 25.4 Å². The van der Waals surface area contributed by atoms with Gasteiger partial charge in [0.15, 0.2) is 11.0 Å². The molecule has 1 N–H and O–H groups in total. The minimum absolute atomic E-state index is 0.106. The molecule has 11 heteroatoms. The first-order valence-electron chi connectivity index (χ1n) is 9.14. The molecule has 1 amide bonds. The zero-order chi connectivity index (χ0) is 22.0. The molecule has 4 rings (SSSR count). The third kappa shape index (κ3) is 4.78. The molecule has 0 saturated heterocycles. The fourth-order valence-corrected chi connectivity index (χ4v) is 4.37. The molecule has 0 radical (unpaired) electrons. The van der Waals surface area contributed by atoms with Gasteiger partial charge in [0.25, 0.3) is 5.91 Å². The van der Waals surface area contributed by atoms with Gasteiger partial charge in [0.05, 0.1) is 10.6 Å². The molecular weight excluding hydrogens is 444 g/mol. The molecule has 4 aromatic rings. The average molecular weight is 462 g/mol. The van der Waals surface area contributed by atoms with Gasteiger partial charge in [0.2, 0.25) is 0 Å².